The van der Waals surface area contributed by atoms with Crippen LogP contribution in [0.1, 0.15) is 226 Å². The first kappa shape index (κ1) is 47.1. The van der Waals surface area contributed by atoms with E-state index in [9.17, 15) is 19.7 Å². The molecule has 1 atom stereocenters. The molecule has 0 rings (SSSR count). The van der Waals surface area contributed by atoms with Gasteiger partial charge in [0.15, 0.2) is 13.2 Å². The zero-order valence-corrected chi connectivity index (χ0v) is 32.6. The third-order valence-electron chi connectivity index (χ3n) is 9.78. The number of unbranched alkanes of at least 4 members (excludes halogenated alkanes) is 29. The summed E-state index contributed by atoms with van der Waals surface area (Å²) >= 11 is 0. The molecular weight excluding hydrogens is 616 g/mol. The first-order valence-electron chi connectivity index (χ1n) is 21.1. The summed E-state index contributed by atoms with van der Waals surface area (Å²) in [7, 11) is 0. The van der Waals surface area contributed by atoms with Crippen LogP contribution < -0.4 is 5.32 Å². The van der Waals surface area contributed by atoms with Crippen LogP contribution in [-0.2, 0) is 14.3 Å². The Labute approximate surface area is 302 Å². The van der Waals surface area contributed by atoms with Gasteiger partial charge in [0.05, 0.1) is 0 Å². The van der Waals surface area contributed by atoms with Crippen molar-refractivity contribution in [1.29, 1.82) is 0 Å². The molecule has 0 saturated heterocycles. The lowest BCUT2D eigenvalue weighted by molar-refractivity contribution is -0.571. The van der Waals surface area contributed by atoms with E-state index in [1.165, 1.54) is 167 Å². The molecule has 0 aromatic carbocycles. The van der Waals surface area contributed by atoms with E-state index in [-0.39, 0.29) is 6.42 Å². The Hall–Kier alpha value is -1.86. The van der Waals surface area contributed by atoms with Gasteiger partial charge in [0.25, 0.3) is 5.54 Å². The van der Waals surface area contributed by atoms with Crippen LogP contribution in [-0.4, -0.2) is 42.3 Å². The molecule has 0 aliphatic rings. The Morgan fingerprint density at radius 2 is 0.816 bits per heavy atom. The van der Waals surface area contributed by atoms with Gasteiger partial charge in [-0.15, -0.1) is 0 Å². The maximum atomic E-state index is 12.2. The number of hydrogen-bond acceptors (Lipinski definition) is 6. The highest BCUT2D eigenvalue weighted by molar-refractivity contribution is 5.69. The highest BCUT2D eigenvalue weighted by atomic mass is 16.6. The highest BCUT2D eigenvalue weighted by Gasteiger charge is 2.41. The number of nitrogens with zero attached hydrogens (tertiary/aromatic N) is 1. The highest BCUT2D eigenvalue weighted by Crippen LogP contribution is 2.16. The molecule has 0 saturated carbocycles. The summed E-state index contributed by atoms with van der Waals surface area (Å²) in [6.07, 6.45) is 39.0. The number of carbonyl (C=O) groups excluding carboxylic acids is 2. The number of carbonyl (C=O) groups is 2. The van der Waals surface area contributed by atoms with Gasteiger partial charge in [-0.3, -0.25) is 14.9 Å². The van der Waals surface area contributed by atoms with Gasteiger partial charge in [0.2, 0.25) is 0 Å². The summed E-state index contributed by atoms with van der Waals surface area (Å²) in [5.74, 6) is -0.434. The summed E-state index contributed by atoms with van der Waals surface area (Å²) < 4.78 is 10.4. The smallest absolute Gasteiger partial charge is 0.407 e. The minimum absolute atomic E-state index is 0.257. The van der Waals surface area contributed by atoms with Gasteiger partial charge in [0.1, 0.15) is 0 Å². The molecule has 1 amide bonds. The maximum absolute atomic E-state index is 12.2. The number of ether oxygens (including phenoxy) is 2. The van der Waals surface area contributed by atoms with E-state index in [0.29, 0.717) is 6.54 Å². The summed E-state index contributed by atoms with van der Waals surface area (Å²) in [4.78, 5) is 35.5. The van der Waals surface area contributed by atoms with E-state index < -0.39 is 35.7 Å². The normalized spacial score (nSPS) is 12.5. The average Bonchev–Trinajstić information content (AvgIpc) is 3.09. The Bertz CT molecular complexity index is 710. The van der Waals surface area contributed by atoms with Crippen molar-refractivity contribution in [2.45, 2.75) is 232 Å². The Morgan fingerprint density at radius 3 is 1.16 bits per heavy atom. The quantitative estimate of drug-likeness (QED) is 0.0298. The predicted molar refractivity (Wildman–Crippen MR) is 205 cm³/mol. The third kappa shape index (κ3) is 33.1. The van der Waals surface area contributed by atoms with Crippen LogP contribution in [0.3, 0.4) is 0 Å². The molecule has 0 unspecified atom stereocenters. The van der Waals surface area contributed by atoms with Crippen molar-refractivity contribution in [3.63, 3.8) is 0 Å². The van der Waals surface area contributed by atoms with Crippen molar-refractivity contribution in [3.05, 3.63) is 10.1 Å². The zero-order valence-electron chi connectivity index (χ0n) is 32.6. The first-order chi connectivity index (χ1) is 23.9. The van der Waals surface area contributed by atoms with Crippen molar-refractivity contribution < 1.29 is 24.0 Å². The van der Waals surface area contributed by atoms with Gasteiger partial charge in [0, 0.05) is 24.8 Å². The molecule has 0 spiro atoms. The summed E-state index contributed by atoms with van der Waals surface area (Å²) in [5, 5.41) is 14.4. The minimum atomic E-state index is -1.67. The summed E-state index contributed by atoms with van der Waals surface area (Å²) in [6, 6.07) is 0. The van der Waals surface area contributed by atoms with E-state index in [4.69, 9.17) is 9.47 Å². The summed E-state index contributed by atoms with van der Waals surface area (Å²) in [5.41, 5.74) is -1.67. The molecule has 0 aromatic heterocycles. The number of amides is 1. The van der Waals surface area contributed by atoms with E-state index >= 15 is 0 Å². The van der Waals surface area contributed by atoms with Crippen LogP contribution >= 0.6 is 0 Å². The fourth-order valence-electron chi connectivity index (χ4n) is 6.23. The average molecular weight is 697 g/mol. The lowest BCUT2D eigenvalue weighted by Gasteiger charge is -2.20. The van der Waals surface area contributed by atoms with Crippen LogP contribution in [0.15, 0.2) is 0 Å². The van der Waals surface area contributed by atoms with Gasteiger partial charge >= 0.3 is 12.1 Å². The predicted octanol–water partition coefficient (Wildman–Crippen LogP) is 12.8. The standard InChI is InChI=1S/C41H80N2O6/c1-4-6-8-10-12-14-16-18-20-21-23-25-27-29-31-33-35-39(44)48-37-41(3,43(46)47)38-49-40(45)42-36-34-32-30-28-26-24-22-19-17-15-13-11-9-7-5-2/h4-38H2,1-3H3,(H,42,45)/t41-/m0/s1. The van der Waals surface area contributed by atoms with E-state index in [2.05, 4.69) is 19.2 Å². The number of esters is 1. The molecular formula is C41H80N2O6. The number of rotatable bonds is 38. The van der Waals surface area contributed by atoms with Crippen molar-refractivity contribution in [2.24, 2.45) is 0 Å². The number of hydrogen-bond donors (Lipinski definition) is 1. The molecule has 8 nitrogen and oxygen atoms in total. The van der Waals surface area contributed by atoms with Crippen LogP contribution in [0.2, 0.25) is 0 Å². The molecule has 0 radical (unpaired) electrons. The van der Waals surface area contributed by atoms with Gasteiger partial charge < -0.3 is 14.8 Å². The van der Waals surface area contributed by atoms with Crippen LogP contribution in [0.5, 0.6) is 0 Å². The molecule has 0 heterocycles. The van der Waals surface area contributed by atoms with Crippen molar-refractivity contribution >= 4 is 12.1 Å². The lowest BCUT2D eigenvalue weighted by Crippen LogP contribution is -2.46. The molecule has 8 heteroatoms. The van der Waals surface area contributed by atoms with Crippen molar-refractivity contribution in [2.75, 3.05) is 19.8 Å². The van der Waals surface area contributed by atoms with Crippen LogP contribution in [0.25, 0.3) is 0 Å². The van der Waals surface area contributed by atoms with Gasteiger partial charge in [-0.05, 0) is 12.8 Å². The molecule has 0 bridgehead atoms. The van der Waals surface area contributed by atoms with Crippen molar-refractivity contribution in [3.8, 4) is 0 Å². The Kier molecular flexibility index (Phi) is 34.6. The second-order valence-electron chi connectivity index (χ2n) is 14.9. The Balaban J connectivity index is 3.70. The zero-order chi connectivity index (χ0) is 36.1. The van der Waals surface area contributed by atoms with Gasteiger partial charge in [-0.25, -0.2) is 4.79 Å². The van der Waals surface area contributed by atoms with E-state index in [0.717, 1.165) is 38.5 Å². The van der Waals surface area contributed by atoms with E-state index in [1.807, 2.05) is 0 Å². The third-order valence-corrected chi connectivity index (χ3v) is 9.78. The molecule has 290 valence electrons. The van der Waals surface area contributed by atoms with Crippen LogP contribution in [0.4, 0.5) is 4.79 Å². The molecule has 0 aromatic rings. The summed E-state index contributed by atoms with van der Waals surface area (Å²) in [6.45, 7) is 5.50. The maximum Gasteiger partial charge on any atom is 0.407 e. The largest absolute Gasteiger partial charge is 0.458 e. The number of alkyl carbamates (subject to hydrolysis) is 1. The fraction of sp³-hybridized carbons (Fsp3) is 0.951. The second kappa shape index (κ2) is 35.9. The minimum Gasteiger partial charge on any atom is -0.458 e. The topological polar surface area (TPSA) is 108 Å². The van der Waals surface area contributed by atoms with Crippen LogP contribution in [0, 0.1) is 10.1 Å². The fourth-order valence-corrected chi connectivity index (χ4v) is 6.23. The molecule has 0 fully saturated rings. The number of nitrogens with one attached hydrogen (secondary N) is 1. The molecule has 49 heavy (non-hydrogen) atoms. The lowest BCUT2D eigenvalue weighted by atomic mass is 10.0. The SMILES string of the molecule is CCCCCCCCCCCCCCCCCCC(=O)OC[C@@](C)(COC(=O)NCCCCCCCCCCCCCCCCC)[N+](=O)[O-]. The van der Waals surface area contributed by atoms with Gasteiger partial charge in [-0.1, -0.05) is 200 Å². The molecule has 0 aliphatic carbocycles. The first-order valence-corrected chi connectivity index (χ1v) is 21.1. The van der Waals surface area contributed by atoms with Gasteiger partial charge in [-0.2, -0.15) is 0 Å². The molecule has 1 N–H and O–H groups in total. The monoisotopic (exact) mass is 697 g/mol. The number of nitro groups is 1. The molecule has 0 aliphatic heterocycles. The van der Waals surface area contributed by atoms with Crippen molar-refractivity contribution in [1.82, 2.24) is 5.32 Å². The van der Waals surface area contributed by atoms with E-state index in [1.54, 1.807) is 0 Å². The second-order valence-corrected chi connectivity index (χ2v) is 14.9. The Morgan fingerprint density at radius 1 is 0.510 bits per heavy atom.